The summed E-state index contributed by atoms with van der Waals surface area (Å²) in [5.74, 6) is 0.954. The van der Waals surface area contributed by atoms with Crippen LogP contribution in [0.1, 0.15) is 51.8 Å². The number of hydrogen-bond acceptors (Lipinski definition) is 3. The van der Waals surface area contributed by atoms with Gasteiger partial charge in [0, 0.05) is 52.8 Å². The number of carbonyl (C=O) groups excluding carboxylic acids is 1. The summed E-state index contributed by atoms with van der Waals surface area (Å²) in [5, 5.41) is 0.648. The van der Waals surface area contributed by atoms with E-state index in [1.54, 1.807) is 4.90 Å². The topological polar surface area (TPSA) is 46.1 Å². The largest absolute Gasteiger partial charge is 0.416 e. The van der Waals surface area contributed by atoms with E-state index >= 15 is 0 Å². The number of carbonyl (C=O) groups is 1. The SMILES string of the molecule is O=C(c1ccc(C(F)(F)F)cc1)N1CCc2nc(C3CC3)nc(-c3ccc(Cl)cc3)c2CC1. The van der Waals surface area contributed by atoms with Crippen LogP contribution in [0.3, 0.4) is 0 Å². The number of halogens is 4. The molecule has 0 atom stereocenters. The Bertz CT molecular complexity index is 1190. The Balaban J connectivity index is 1.42. The van der Waals surface area contributed by atoms with Gasteiger partial charge in [0.05, 0.1) is 11.3 Å². The molecule has 2 heterocycles. The van der Waals surface area contributed by atoms with Gasteiger partial charge in [-0.2, -0.15) is 13.2 Å². The molecule has 2 aromatic carbocycles. The zero-order chi connectivity index (χ0) is 23.2. The highest BCUT2D eigenvalue weighted by atomic mass is 35.5. The maximum Gasteiger partial charge on any atom is 0.416 e. The van der Waals surface area contributed by atoms with Crippen molar-refractivity contribution in [3.63, 3.8) is 0 Å². The van der Waals surface area contributed by atoms with Crippen molar-refractivity contribution in [2.45, 2.75) is 37.8 Å². The standard InChI is InChI=1S/C25H21ClF3N3O/c26-19-9-5-15(6-10-19)22-20-11-13-32(14-12-21(20)30-23(31-22)16-1-2-16)24(33)17-3-7-18(8-4-17)25(27,28)29/h3-10,16H,1-2,11-14H2. The van der Waals surface area contributed by atoms with Gasteiger partial charge < -0.3 is 4.90 Å². The van der Waals surface area contributed by atoms with Crippen molar-refractivity contribution in [2.24, 2.45) is 0 Å². The molecule has 0 unspecified atom stereocenters. The molecule has 1 amide bonds. The van der Waals surface area contributed by atoms with E-state index in [9.17, 15) is 18.0 Å². The molecule has 1 saturated carbocycles. The summed E-state index contributed by atoms with van der Waals surface area (Å²) in [5.41, 5.74) is 3.28. The first kappa shape index (κ1) is 21.9. The number of aromatic nitrogens is 2. The summed E-state index contributed by atoms with van der Waals surface area (Å²) in [7, 11) is 0. The molecule has 0 spiro atoms. The lowest BCUT2D eigenvalue weighted by Crippen LogP contribution is -2.33. The minimum atomic E-state index is -4.43. The number of hydrogen-bond donors (Lipinski definition) is 0. The molecule has 1 fully saturated rings. The lowest BCUT2D eigenvalue weighted by molar-refractivity contribution is -0.137. The fourth-order valence-corrected chi connectivity index (χ4v) is 4.30. The van der Waals surface area contributed by atoms with E-state index < -0.39 is 11.7 Å². The summed E-state index contributed by atoms with van der Waals surface area (Å²) >= 11 is 6.07. The Labute approximate surface area is 194 Å². The second kappa shape index (κ2) is 8.45. The summed E-state index contributed by atoms with van der Waals surface area (Å²) in [4.78, 5) is 24.5. The van der Waals surface area contributed by atoms with E-state index in [-0.39, 0.29) is 11.5 Å². The fourth-order valence-electron chi connectivity index (χ4n) is 4.18. The minimum absolute atomic E-state index is 0.247. The third kappa shape index (κ3) is 4.60. The van der Waals surface area contributed by atoms with Gasteiger partial charge in [-0.1, -0.05) is 23.7 Å². The fraction of sp³-hybridized carbons (Fsp3) is 0.320. The zero-order valence-electron chi connectivity index (χ0n) is 17.7. The quantitative estimate of drug-likeness (QED) is 0.475. The Morgan fingerprint density at radius 3 is 2.24 bits per heavy atom. The lowest BCUT2D eigenvalue weighted by Gasteiger charge is -2.20. The molecular formula is C25H21ClF3N3O. The monoisotopic (exact) mass is 471 g/mol. The normalized spacial score (nSPS) is 16.3. The van der Waals surface area contributed by atoms with Gasteiger partial charge in [-0.3, -0.25) is 4.79 Å². The molecule has 0 N–H and O–H groups in total. The van der Waals surface area contributed by atoms with E-state index in [0.29, 0.717) is 36.9 Å². The van der Waals surface area contributed by atoms with Crippen molar-refractivity contribution in [3.8, 4) is 11.3 Å². The summed E-state index contributed by atoms with van der Waals surface area (Å²) < 4.78 is 38.6. The first-order valence-electron chi connectivity index (χ1n) is 10.9. The Kier molecular flexibility index (Phi) is 5.60. The maximum absolute atomic E-state index is 13.0. The molecule has 2 aliphatic rings. The van der Waals surface area contributed by atoms with Gasteiger partial charge >= 0.3 is 6.18 Å². The van der Waals surface area contributed by atoms with Gasteiger partial charge in [0.15, 0.2) is 0 Å². The smallest absolute Gasteiger partial charge is 0.338 e. The predicted molar refractivity (Wildman–Crippen MR) is 119 cm³/mol. The van der Waals surface area contributed by atoms with Crippen LogP contribution in [-0.4, -0.2) is 33.9 Å². The molecule has 33 heavy (non-hydrogen) atoms. The molecule has 8 heteroatoms. The van der Waals surface area contributed by atoms with Crippen LogP contribution in [-0.2, 0) is 19.0 Å². The van der Waals surface area contributed by atoms with Crippen LogP contribution in [0.25, 0.3) is 11.3 Å². The van der Waals surface area contributed by atoms with Crippen molar-refractivity contribution in [2.75, 3.05) is 13.1 Å². The molecule has 1 aliphatic carbocycles. The van der Waals surface area contributed by atoms with E-state index in [4.69, 9.17) is 21.6 Å². The lowest BCUT2D eigenvalue weighted by atomic mass is 10.0. The minimum Gasteiger partial charge on any atom is -0.338 e. The van der Waals surface area contributed by atoms with Gasteiger partial charge in [0.1, 0.15) is 5.82 Å². The summed E-state index contributed by atoms with van der Waals surface area (Å²) in [6.07, 6.45) is -1.12. The molecule has 5 rings (SSSR count). The van der Waals surface area contributed by atoms with Gasteiger partial charge in [-0.05, 0) is 55.7 Å². The molecule has 1 aromatic heterocycles. The number of benzene rings is 2. The summed E-state index contributed by atoms with van der Waals surface area (Å²) in [6.45, 7) is 0.896. The van der Waals surface area contributed by atoms with Gasteiger partial charge in [-0.15, -0.1) is 0 Å². The van der Waals surface area contributed by atoms with E-state index in [0.717, 1.165) is 53.3 Å². The number of alkyl halides is 3. The highest BCUT2D eigenvalue weighted by Crippen LogP contribution is 2.40. The van der Waals surface area contributed by atoms with Gasteiger partial charge in [0.2, 0.25) is 0 Å². The van der Waals surface area contributed by atoms with E-state index in [1.165, 1.54) is 12.1 Å². The molecule has 170 valence electrons. The number of rotatable bonds is 3. The molecule has 0 radical (unpaired) electrons. The highest BCUT2D eigenvalue weighted by Gasteiger charge is 2.32. The van der Waals surface area contributed by atoms with Gasteiger partial charge in [-0.25, -0.2) is 9.97 Å². The summed E-state index contributed by atoms with van der Waals surface area (Å²) in [6, 6.07) is 11.9. The molecule has 1 aliphatic heterocycles. The van der Waals surface area contributed by atoms with Crippen LogP contribution in [0.4, 0.5) is 13.2 Å². The zero-order valence-corrected chi connectivity index (χ0v) is 18.5. The molecular weight excluding hydrogens is 451 g/mol. The highest BCUT2D eigenvalue weighted by molar-refractivity contribution is 6.30. The molecule has 0 saturated heterocycles. The molecule has 4 nitrogen and oxygen atoms in total. The van der Waals surface area contributed by atoms with Crippen molar-refractivity contribution < 1.29 is 18.0 Å². The second-order valence-electron chi connectivity index (χ2n) is 8.50. The van der Waals surface area contributed by atoms with Crippen molar-refractivity contribution in [3.05, 3.63) is 81.8 Å². The van der Waals surface area contributed by atoms with Crippen LogP contribution >= 0.6 is 11.6 Å². The van der Waals surface area contributed by atoms with Crippen LogP contribution in [0.2, 0.25) is 5.02 Å². The number of fused-ring (bicyclic) bond motifs is 1. The van der Waals surface area contributed by atoms with Crippen LogP contribution in [0.15, 0.2) is 48.5 Å². The third-order valence-corrected chi connectivity index (χ3v) is 6.42. The first-order chi connectivity index (χ1) is 15.8. The first-order valence-corrected chi connectivity index (χ1v) is 11.3. The molecule has 3 aromatic rings. The molecule has 0 bridgehead atoms. The van der Waals surface area contributed by atoms with E-state index in [1.807, 2.05) is 24.3 Å². The Morgan fingerprint density at radius 2 is 1.61 bits per heavy atom. The third-order valence-electron chi connectivity index (χ3n) is 6.17. The second-order valence-corrected chi connectivity index (χ2v) is 8.94. The Hall–Kier alpha value is -2.93. The van der Waals surface area contributed by atoms with Crippen LogP contribution in [0.5, 0.6) is 0 Å². The van der Waals surface area contributed by atoms with Crippen molar-refractivity contribution in [1.29, 1.82) is 0 Å². The van der Waals surface area contributed by atoms with Crippen LogP contribution < -0.4 is 0 Å². The average molecular weight is 472 g/mol. The van der Waals surface area contributed by atoms with E-state index in [2.05, 4.69) is 0 Å². The predicted octanol–water partition coefficient (Wildman–Crippen LogP) is 5.93. The van der Waals surface area contributed by atoms with Crippen molar-refractivity contribution >= 4 is 17.5 Å². The van der Waals surface area contributed by atoms with Crippen molar-refractivity contribution in [1.82, 2.24) is 14.9 Å². The van der Waals surface area contributed by atoms with Gasteiger partial charge in [0.25, 0.3) is 5.91 Å². The number of nitrogens with zero attached hydrogens (tertiary/aromatic N) is 3. The maximum atomic E-state index is 13.0. The number of amides is 1. The Morgan fingerprint density at radius 1 is 0.939 bits per heavy atom. The average Bonchev–Trinajstić information content (AvgIpc) is 3.65. The van der Waals surface area contributed by atoms with Crippen LogP contribution in [0, 0.1) is 0 Å².